The highest BCUT2D eigenvalue weighted by atomic mass is 79.9. The van der Waals surface area contributed by atoms with Gasteiger partial charge in [-0.3, -0.25) is 0 Å². The van der Waals surface area contributed by atoms with E-state index in [-0.39, 0.29) is 5.82 Å². The quantitative estimate of drug-likeness (QED) is 0.783. The zero-order valence-corrected chi connectivity index (χ0v) is 13.2. The van der Waals surface area contributed by atoms with E-state index in [1.165, 1.54) is 12.1 Å². The molecule has 3 nitrogen and oxygen atoms in total. The standard InChI is InChI=1S/C15H19BrFN3/c1-2-6-18-7-5-14-10-20(11-19-14)9-12-3-4-13(17)8-15(12)16/h3-4,8,10-11,18H,2,5-7,9H2,1H3. The van der Waals surface area contributed by atoms with E-state index >= 15 is 0 Å². The van der Waals surface area contributed by atoms with Crippen molar-refractivity contribution < 1.29 is 4.39 Å². The van der Waals surface area contributed by atoms with Gasteiger partial charge in [-0.15, -0.1) is 0 Å². The fourth-order valence-corrected chi connectivity index (χ4v) is 2.46. The molecule has 0 atom stereocenters. The average molecular weight is 340 g/mol. The molecule has 2 aromatic rings. The van der Waals surface area contributed by atoms with Crippen molar-refractivity contribution in [1.82, 2.24) is 14.9 Å². The Morgan fingerprint density at radius 1 is 1.35 bits per heavy atom. The van der Waals surface area contributed by atoms with Crippen molar-refractivity contribution in [3.8, 4) is 0 Å². The smallest absolute Gasteiger partial charge is 0.124 e. The molecule has 0 saturated carbocycles. The molecule has 108 valence electrons. The summed E-state index contributed by atoms with van der Waals surface area (Å²) in [6, 6.07) is 4.76. The molecule has 0 aliphatic carbocycles. The molecule has 20 heavy (non-hydrogen) atoms. The van der Waals surface area contributed by atoms with E-state index in [1.807, 2.05) is 17.1 Å². The predicted octanol–water partition coefficient (Wildman–Crippen LogP) is 3.38. The summed E-state index contributed by atoms with van der Waals surface area (Å²) in [5.74, 6) is -0.228. The van der Waals surface area contributed by atoms with Crippen LogP contribution >= 0.6 is 15.9 Å². The van der Waals surface area contributed by atoms with E-state index in [4.69, 9.17) is 0 Å². The summed E-state index contributed by atoms with van der Waals surface area (Å²) in [5, 5.41) is 3.36. The first-order valence-electron chi connectivity index (χ1n) is 6.84. The molecule has 0 aliphatic rings. The molecular formula is C15H19BrFN3. The van der Waals surface area contributed by atoms with Gasteiger partial charge in [0.1, 0.15) is 5.82 Å². The Kier molecular flexibility index (Phi) is 5.73. The van der Waals surface area contributed by atoms with Gasteiger partial charge in [-0.25, -0.2) is 9.37 Å². The third-order valence-electron chi connectivity index (χ3n) is 3.04. The summed E-state index contributed by atoms with van der Waals surface area (Å²) in [6.07, 6.45) is 5.94. The van der Waals surface area contributed by atoms with Crippen molar-refractivity contribution in [3.05, 3.63) is 52.3 Å². The Labute approximate surface area is 127 Å². The van der Waals surface area contributed by atoms with Gasteiger partial charge in [-0.1, -0.05) is 28.9 Å². The van der Waals surface area contributed by atoms with Gasteiger partial charge in [0.25, 0.3) is 0 Å². The molecule has 0 fully saturated rings. The summed E-state index contributed by atoms with van der Waals surface area (Å²) in [6.45, 7) is 4.84. The highest BCUT2D eigenvalue weighted by Crippen LogP contribution is 2.19. The second-order valence-corrected chi connectivity index (χ2v) is 5.63. The molecule has 2 rings (SSSR count). The lowest BCUT2D eigenvalue weighted by atomic mass is 10.2. The summed E-state index contributed by atoms with van der Waals surface area (Å²) < 4.78 is 15.8. The Bertz CT molecular complexity index is 554. The van der Waals surface area contributed by atoms with Crippen LogP contribution in [0.2, 0.25) is 0 Å². The molecule has 0 saturated heterocycles. The van der Waals surface area contributed by atoms with Gasteiger partial charge in [-0.2, -0.15) is 0 Å². The van der Waals surface area contributed by atoms with Crippen LogP contribution in [-0.2, 0) is 13.0 Å². The van der Waals surface area contributed by atoms with Gasteiger partial charge >= 0.3 is 0 Å². The summed E-state index contributed by atoms with van der Waals surface area (Å²) in [4.78, 5) is 4.39. The van der Waals surface area contributed by atoms with E-state index in [9.17, 15) is 4.39 Å². The molecule has 0 unspecified atom stereocenters. The molecule has 0 spiro atoms. The lowest BCUT2D eigenvalue weighted by molar-refractivity contribution is 0.625. The fourth-order valence-electron chi connectivity index (χ4n) is 1.99. The maximum atomic E-state index is 13.0. The molecule has 0 radical (unpaired) electrons. The van der Waals surface area contributed by atoms with Crippen LogP contribution in [-0.4, -0.2) is 22.6 Å². The number of halogens is 2. The topological polar surface area (TPSA) is 29.9 Å². The third-order valence-corrected chi connectivity index (χ3v) is 3.78. The van der Waals surface area contributed by atoms with Crippen LogP contribution in [0.5, 0.6) is 0 Å². The second kappa shape index (κ2) is 7.55. The van der Waals surface area contributed by atoms with Crippen LogP contribution in [0.25, 0.3) is 0 Å². The van der Waals surface area contributed by atoms with Crippen molar-refractivity contribution in [1.29, 1.82) is 0 Å². The van der Waals surface area contributed by atoms with Crippen LogP contribution in [0.1, 0.15) is 24.6 Å². The van der Waals surface area contributed by atoms with Crippen LogP contribution in [0, 0.1) is 5.82 Å². The molecule has 0 amide bonds. The zero-order valence-electron chi connectivity index (χ0n) is 11.6. The Morgan fingerprint density at radius 3 is 2.95 bits per heavy atom. The van der Waals surface area contributed by atoms with Crippen molar-refractivity contribution in [2.75, 3.05) is 13.1 Å². The summed E-state index contributed by atoms with van der Waals surface area (Å²) in [5.41, 5.74) is 2.12. The first kappa shape index (κ1) is 15.2. The van der Waals surface area contributed by atoms with Crippen molar-refractivity contribution >= 4 is 15.9 Å². The van der Waals surface area contributed by atoms with Gasteiger partial charge in [-0.05, 0) is 30.7 Å². The largest absolute Gasteiger partial charge is 0.333 e. The number of imidazole rings is 1. The minimum Gasteiger partial charge on any atom is -0.333 e. The monoisotopic (exact) mass is 339 g/mol. The van der Waals surface area contributed by atoms with Crippen molar-refractivity contribution in [3.63, 3.8) is 0 Å². The van der Waals surface area contributed by atoms with Gasteiger partial charge in [0.05, 0.1) is 12.0 Å². The van der Waals surface area contributed by atoms with Gasteiger partial charge in [0.2, 0.25) is 0 Å². The zero-order chi connectivity index (χ0) is 14.4. The summed E-state index contributed by atoms with van der Waals surface area (Å²) >= 11 is 3.39. The van der Waals surface area contributed by atoms with Crippen molar-refractivity contribution in [2.45, 2.75) is 26.3 Å². The first-order chi connectivity index (χ1) is 9.69. The lowest BCUT2D eigenvalue weighted by Gasteiger charge is -2.05. The molecule has 0 aliphatic heterocycles. The Hall–Kier alpha value is -1.20. The number of nitrogens with one attached hydrogen (secondary N) is 1. The number of benzene rings is 1. The Morgan fingerprint density at radius 2 is 2.20 bits per heavy atom. The van der Waals surface area contributed by atoms with Crippen LogP contribution < -0.4 is 5.32 Å². The number of hydrogen-bond acceptors (Lipinski definition) is 2. The molecular weight excluding hydrogens is 321 g/mol. The maximum absolute atomic E-state index is 13.0. The molecule has 1 heterocycles. The minimum absolute atomic E-state index is 0.228. The van der Waals surface area contributed by atoms with Gasteiger partial charge in [0, 0.05) is 30.2 Å². The number of aromatic nitrogens is 2. The number of hydrogen-bond donors (Lipinski definition) is 1. The molecule has 1 aromatic heterocycles. The lowest BCUT2D eigenvalue weighted by Crippen LogP contribution is -2.17. The average Bonchev–Trinajstić information content (AvgIpc) is 2.86. The minimum atomic E-state index is -0.228. The maximum Gasteiger partial charge on any atom is 0.124 e. The van der Waals surface area contributed by atoms with Crippen LogP contribution in [0.3, 0.4) is 0 Å². The normalized spacial score (nSPS) is 10.9. The molecule has 1 aromatic carbocycles. The predicted molar refractivity (Wildman–Crippen MR) is 82.3 cm³/mol. The second-order valence-electron chi connectivity index (χ2n) is 4.77. The molecule has 0 bridgehead atoms. The van der Waals surface area contributed by atoms with E-state index in [0.29, 0.717) is 6.54 Å². The third kappa shape index (κ3) is 4.42. The number of rotatable bonds is 7. The highest BCUT2D eigenvalue weighted by molar-refractivity contribution is 9.10. The van der Waals surface area contributed by atoms with E-state index in [0.717, 1.165) is 41.7 Å². The Balaban J connectivity index is 1.92. The van der Waals surface area contributed by atoms with Gasteiger partial charge < -0.3 is 9.88 Å². The van der Waals surface area contributed by atoms with Crippen LogP contribution in [0.4, 0.5) is 4.39 Å². The SMILES string of the molecule is CCCNCCc1cn(Cc2ccc(F)cc2Br)cn1. The number of nitrogens with zero attached hydrogens (tertiary/aromatic N) is 2. The van der Waals surface area contributed by atoms with E-state index in [2.05, 4.69) is 33.2 Å². The summed E-state index contributed by atoms with van der Waals surface area (Å²) in [7, 11) is 0. The molecule has 1 N–H and O–H groups in total. The van der Waals surface area contributed by atoms with Gasteiger partial charge in [0.15, 0.2) is 0 Å². The highest BCUT2D eigenvalue weighted by Gasteiger charge is 2.04. The van der Waals surface area contributed by atoms with E-state index < -0.39 is 0 Å². The van der Waals surface area contributed by atoms with Crippen LogP contribution in [0.15, 0.2) is 35.2 Å². The van der Waals surface area contributed by atoms with E-state index in [1.54, 1.807) is 6.07 Å². The first-order valence-corrected chi connectivity index (χ1v) is 7.63. The van der Waals surface area contributed by atoms with Crippen molar-refractivity contribution in [2.24, 2.45) is 0 Å². The molecule has 5 heteroatoms. The fraction of sp³-hybridized carbons (Fsp3) is 0.400.